The Hall–Kier alpha value is -1.02. The summed E-state index contributed by atoms with van der Waals surface area (Å²) in [5, 5.41) is 3.75. The highest BCUT2D eigenvalue weighted by Crippen LogP contribution is 2.29. The average molecular weight is 244 g/mol. The zero-order chi connectivity index (χ0) is 12.2. The Labute approximate surface area is 110 Å². The molecule has 1 saturated carbocycles. The number of nitrogens with one attached hydrogen (secondary N) is 1. The average Bonchev–Trinajstić information content (AvgIpc) is 2.89. The minimum atomic E-state index is 0.658. The van der Waals surface area contributed by atoms with Crippen LogP contribution in [0.25, 0.3) is 0 Å². The van der Waals surface area contributed by atoms with E-state index in [-0.39, 0.29) is 0 Å². The number of likely N-dealkylation sites (tertiary alicyclic amines) is 1. The lowest BCUT2D eigenvalue weighted by Gasteiger charge is -2.36. The fourth-order valence-corrected chi connectivity index (χ4v) is 3.54. The fraction of sp³-hybridized carbons (Fsp3) is 0.625. The zero-order valence-electron chi connectivity index (χ0n) is 11.1. The smallest absolute Gasteiger partial charge is 0.0416 e. The molecule has 0 radical (unpaired) electrons. The van der Waals surface area contributed by atoms with E-state index in [1.54, 1.807) is 0 Å². The second-order valence-electron chi connectivity index (χ2n) is 5.71. The first-order valence-corrected chi connectivity index (χ1v) is 7.49. The first-order chi connectivity index (χ1) is 8.93. The van der Waals surface area contributed by atoms with E-state index in [9.17, 15) is 0 Å². The molecule has 0 spiro atoms. The Morgan fingerprint density at radius 3 is 2.44 bits per heavy atom. The monoisotopic (exact) mass is 244 g/mol. The third kappa shape index (κ3) is 2.69. The summed E-state index contributed by atoms with van der Waals surface area (Å²) in [6.45, 7) is 2.63. The molecule has 1 aromatic carbocycles. The molecule has 1 N–H and O–H groups in total. The van der Waals surface area contributed by atoms with Gasteiger partial charge in [0.2, 0.25) is 0 Å². The van der Waals surface area contributed by atoms with Crippen molar-refractivity contribution in [3.05, 3.63) is 30.3 Å². The van der Waals surface area contributed by atoms with E-state index in [4.69, 9.17) is 0 Å². The second kappa shape index (κ2) is 5.75. The number of hydrogen-bond donors (Lipinski definition) is 1. The Morgan fingerprint density at radius 2 is 1.67 bits per heavy atom. The molecule has 2 heteroatoms. The summed E-state index contributed by atoms with van der Waals surface area (Å²) < 4.78 is 0. The molecule has 2 unspecified atom stereocenters. The summed E-state index contributed by atoms with van der Waals surface area (Å²) in [5.74, 6) is 0. The lowest BCUT2D eigenvalue weighted by Crippen LogP contribution is -2.46. The Bertz CT molecular complexity index is 357. The molecule has 2 nitrogen and oxygen atoms in total. The van der Waals surface area contributed by atoms with Crippen molar-refractivity contribution in [3.63, 3.8) is 0 Å². The number of rotatable bonds is 3. The Balaban J connectivity index is 1.63. The van der Waals surface area contributed by atoms with Crippen molar-refractivity contribution in [2.75, 3.05) is 18.4 Å². The predicted molar refractivity (Wildman–Crippen MR) is 76.9 cm³/mol. The fourth-order valence-electron chi connectivity index (χ4n) is 3.54. The van der Waals surface area contributed by atoms with Crippen LogP contribution >= 0.6 is 0 Å². The number of para-hydroxylation sites is 1. The maximum absolute atomic E-state index is 3.75. The SMILES string of the molecule is c1ccc(NC2CCCC2N2CCCCC2)cc1. The maximum atomic E-state index is 3.75. The molecule has 1 heterocycles. The van der Waals surface area contributed by atoms with Gasteiger partial charge >= 0.3 is 0 Å². The highest BCUT2D eigenvalue weighted by atomic mass is 15.2. The lowest BCUT2D eigenvalue weighted by atomic mass is 10.0. The van der Waals surface area contributed by atoms with Gasteiger partial charge in [0.25, 0.3) is 0 Å². The Kier molecular flexibility index (Phi) is 3.84. The minimum Gasteiger partial charge on any atom is -0.381 e. The van der Waals surface area contributed by atoms with Gasteiger partial charge in [-0.25, -0.2) is 0 Å². The molecular weight excluding hydrogens is 220 g/mol. The van der Waals surface area contributed by atoms with Crippen LogP contribution in [0, 0.1) is 0 Å². The van der Waals surface area contributed by atoms with Crippen molar-refractivity contribution in [1.29, 1.82) is 0 Å². The van der Waals surface area contributed by atoms with Crippen molar-refractivity contribution in [2.45, 2.75) is 50.6 Å². The van der Waals surface area contributed by atoms with Crippen LogP contribution in [0.15, 0.2) is 30.3 Å². The van der Waals surface area contributed by atoms with Gasteiger partial charge in [-0.2, -0.15) is 0 Å². The molecule has 18 heavy (non-hydrogen) atoms. The van der Waals surface area contributed by atoms with E-state index in [0.717, 1.165) is 6.04 Å². The van der Waals surface area contributed by atoms with E-state index >= 15 is 0 Å². The van der Waals surface area contributed by atoms with Crippen LogP contribution in [0.5, 0.6) is 0 Å². The molecule has 2 aliphatic rings. The zero-order valence-corrected chi connectivity index (χ0v) is 11.1. The summed E-state index contributed by atoms with van der Waals surface area (Å²) in [4.78, 5) is 2.73. The molecule has 2 atom stereocenters. The van der Waals surface area contributed by atoms with E-state index in [1.165, 1.54) is 57.3 Å². The summed E-state index contributed by atoms with van der Waals surface area (Å²) in [5.41, 5.74) is 1.28. The normalized spacial score (nSPS) is 29.3. The van der Waals surface area contributed by atoms with Gasteiger partial charge in [0.05, 0.1) is 0 Å². The van der Waals surface area contributed by atoms with Crippen LogP contribution < -0.4 is 5.32 Å². The lowest BCUT2D eigenvalue weighted by molar-refractivity contribution is 0.158. The van der Waals surface area contributed by atoms with Gasteiger partial charge in [-0.1, -0.05) is 24.6 Å². The van der Waals surface area contributed by atoms with Gasteiger partial charge in [0.15, 0.2) is 0 Å². The van der Waals surface area contributed by atoms with Gasteiger partial charge < -0.3 is 5.32 Å². The molecule has 1 saturated heterocycles. The molecule has 1 aliphatic heterocycles. The highest BCUT2D eigenvalue weighted by Gasteiger charge is 2.32. The predicted octanol–water partition coefficient (Wildman–Crippen LogP) is 3.51. The van der Waals surface area contributed by atoms with Gasteiger partial charge in [-0.3, -0.25) is 4.90 Å². The molecule has 3 rings (SSSR count). The number of nitrogens with zero attached hydrogens (tertiary/aromatic N) is 1. The molecule has 98 valence electrons. The first-order valence-electron chi connectivity index (χ1n) is 7.49. The summed E-state index contributed by atoms with van der Waals surface area (Å²) >= 11 is 0. The highest BCUT2D eigenvalue weighted by molar-refractivity contribution is 5.44. The number of benzene rings is 1. The molecule has 0 aromatic heterocycles. The first kappa shape index (κ1) is 12.0. The number of anilines is 1. The van der Waals surface area contributed by atoms with Crippen molar-refractivity contribution >= 4 is 5.69 Å². The van der Waals surface area contributed by atoms with Crippen molar-refractivity contribution < 1.29 is 0 Å². The van der Waals surface area contributed by atoms with Crippen LogP contribution in [0.4, 0.5) is 5.69 Å². The molecule has 1 aliphatic carbocycles. The standard InChI is InChI=1S/C16H24N2/c1-3-8-14(9-4-1)17-15-10-7-11-16(15)18-12-5-2-6-13-18/h1,3-4,8-9,15-17H,2,5-7,10-13H2. The topological polar surface area (TPSA) is 15.3 Å². The maximum Gasteiger partial charge on any atom is 0.0416 e. The Morgan fingerprint density at radius 1 is 0.889 bits per heavy atom. The number of piperidine rings is 1. The van der Waals surface area contributed by atoms with Crippen LogP contribution in [-0.4, -0.2) is 30.1 Å². The number of hydrogen-bond acceptors (Lipinski definition) is 2. The van der Waals surface area contributed by atoms with E-state index in [0.29, 0.717) is 6.04 Å². The summed E-state index contributed by atoms with van der Waals surface area (Å²) in [6.07, 6.45) is 8.31. The van der Waals surface area contributed by atoms with Crippen LogP contribution in [0.3, 0.4) is 0 Å². The van der Waals surface area contributed by atoms with Crippen LogP contribution in [0.2, 0.25) is 0 Å². The van der Waals surface area contributed by atoms with E-state index in [2.05, 4.69) is 40.5 Å². The third-order valence-electron chi connectivity index (χ3n) is 4.47. The van der Waals surface area contributed by atoms with Crippen molar-refractivity contribution in [1.82, 2.24) is 4.90 Å². The molecule has 0 amide bonds. The van der Waals surface area contributed by atoms with Crippen molar-refractivity contribution in [2.24, 2.45) is 0 Å². The largest absolute Gasteiger partial charge is 0.381 e. The van der Waals surface area contributed by atoms with Crippen LogP contribution in [-0.2, 0) is 0 Å². The van der Waals surface area contributed by atoms with E-state index in [1.807, 2.05) is 0 Å². The van der Waals surface area contributed by atoms with Crippen LogP contribution in [0.1, 0.15) is 38.5 Å². The second-order valence-corrected chi connectivity index (χ2v) is 5.71. The van der Waals surface area contributed by atoms with Gasteiger partial charge in [0, 0.05) is 17.8 Å². The molecule has 0 bridgehead atoms. The van der Waals surface area contributed by atoms with Crippen molar-refractivity contribution in [3.8, 4) is 0 Å². The molecular formula is C16H24N2. The summed E-state index contributed by atoms with van der Waals surface area (Å²) in [7, 11) is 0. The van der Waals surface area contributed by atoms with E-state index < -0.39 is 0 Å². The van der Waals surface area contributed by atoms with Gasteiger partial charge in [-0.15, -0.1) is 0 Å². The third-order valence-corrected chi connectivity index (χ3v) is 4.47. The minimum absolute atomic E-state index is 0.658. The van der Waals surface area contributed by atoms with Gasteiger partial charge in [-0.05, 0) is 57.3 Å². The molecule has 2 fully saturated rings. The molecule has 1 aromatic rings. The van der Waals surface area contributed by atoms with Gasteiger partial charge in [0.1, 0.15) is 0 Å². The quantitative estimate of drug-likeness (QED) is 0.875. The summed E-state index contributed by atoms with van der Waals surface area (Å²) in [6, 6.07) is 12.1.